The third kappa shape index (κ3) is 2.03. The molecule has 0 aliphatic rings. The van der Waals surface area contributed by atoms with Crippen LogP contribution in [0.1, 0.15) is 53.9 Å². The maximum Gasteiger partial charge on any atom is 0.337 e. The van der Waals surface area contributed by atoms with Crippen molar-refractivity contribution in [2.24, 2.45) is 7.05 Å². The van der Waals surface area contributed by atoms with Crippen molar-refractivity contribution in [3.63, 3.8) is 0 Å². The molecule has 0 unspecified atom stereocenters. The van der Waals surface area contributed by atoms with Gasteiger partial charge in [0.1, 0.15) is 0 Å². The number of carboxylic acid groups (broad SMARTS) is 1. The second-order valence-corrected chi connectivity index (χ2v) is 5.41. The van der Waals surface area contributed by atoms with E-state index < -0.39 is 5.97 Å². The van der Waals surface area contributed by atoms with Crippen LogP contribution in [-0.2, 0) is 13.5 Å². The van der Waals surface area contributed by atoms with E-state index in [0.717, 1.165) is 28.6 Å². The summed E-state index contributed by atoms with van der Waals surface area (Å²) in [6, 6.07) is 3.94. The zero-order chi connectivity index (χ0) is 14.3. The van der Waals surface area contributed by atoms with E-state index in [2.05, 4.69) is 33.8 Å². The summed E-state index contributed by atoms with van der Waals surface area (Å²) in [5.74, 6) is -0.464. The van der Waals surface area contributed by atoms with E-state index in [1.54, 1.807) is 6.07 Å². The molecule has 0 atom stereocenters. The van der Waals surface area contributed by atoms with Crippen molar-refractivity contribution in [3.8, 4) is 0 Å². The summed E-state index contributed by atoms with van der Waals surface area (Å²) in [5, 5.41) is 10.5. The lowest BCUT2D eigenvalue weighted by atomic mass is 9.96. The predicted molar refractivity (Wildman–Crippen MR) is 78.1 cm³/mol. The quantitative estimate of drug-likeness (QED) is 0.909. The third-order valence-corrected chi connectivity index (χ3v) is 3.90. The number of aromatic nitrogens is 1. The molecule has 3 heteroatoms. The Balaban J connectivity index is 2.97. The Hall–Kier alpha value is -1.77. The smallest absolute Gasteiger partial charge is 0.337 e. The van der Waals surface area contributed by atoms with Gasteiger partial charge in [-0.3, -0.25) is 0 Å². The Bertz CT molecular complexity index is 651. The largest absolute Gasteiger partial charge is 0.478 e. The third-order valence-electron chi connectivity index (χ3n) is 3.90. The number of hydrogen-bond acceptors (Lipinski definition) is 1. The van der Waals surface area contributed by atoms with Gasteiger partial charge < -0.3 is 9.67 Å². The van der Waals surface area contributed by atoms with Gasteiger partial charge in [-0.25, -0.2) is 4.79 Å². The number of hydrogen-bond donors (Lipinski definition) is 1. The molecule has 0 bridgehead atoms. The number of aryl methyl sites for hydroxylation is 2. The monoisotopic (exact) mass is 259 g/mol. The van der Waals surface area contributed by atoms with Crippen LogP contribution in [0.5, 0.6) is 0 Å². The highest BCUT2D eigenvalue weighted by Crippen LogP contribution is 2.33. The number of carboxylic acids is 1. The molecule has 19 heavy (non-hydrogen) atoms. The lowest BCUT2D eigenvalue weighted by molar-refractivity contribution is 0.0698. The number of carbonyl (C=O) groups is 1. The molecule has 102 valence electrons. The summed E-state index contributed by atoms with van der Waals surface area (Å²) < 4.78 is 2.01. The first-order valence-corrected chi connectivity index (χ1v) is 6.73. The molecule has 2 aromatic rings. The fraction of sp³-hybridized carbons (Fsp3) is 0.438. The van der Waals surface area contributed by atoms with Crippen molar-refractivity contribution in [2.75, 3.05) is 0 Å². The van der Waals surface area contributed by atoms with Crippen molar-refractivity contribution in [3.05, 3.63) is 34.5 Å². The molecule has 0 amide bonds. The Labute approximate surface area is 113 Å². The Morgan fingerprint density at radius 3 is 2.47 bits per heavy atom. The van der Waals surface area contributed by atoms with Gasteiger partial charge in [0.15, 0.2) is 0 Å². The highest BCUT2D eigenvalue weighted by atomic mass is 16.4. The van der Waals surface area contributed by atoms with Crippen LogP contribution in [0.25, 0.3) is 10.9 Å². The number of aromatic carboxylic acids is 1. The highest BCUT2D eigenvalue weighted by Gasteiger charge is 2.20. The van der Waals surface area contributed by atoms with Gasteiger partial charge in [-0.05, 0) is 42.5 Å². The summed E-state index contributed by atoms with van der Waals surface area (Å²) in [7, 11) is 1.95. The van der Waals surface area contributed by atoms with Gasteiger partial charge in [-0.2, -0.15) is 0 Å². The molecular weight excluding hydrogens is 238 g/mol. The standard InChI is InChI=1S/C16H21NO2/c1-6-11-7-12-14(9(2)3)10(4)17(5)15(12)13(8-11)16(18)19/h7-9H,6H2,1-5H3,(H,18,19). The highest BCUT2D eigenvalue weighted by molar-refractivity contribution is 6.04. The summed E-state index contributed by atoms with van der Waals surface area (Å²) in [4.78, 5) is 11.5. The van der Waals surface area contributed by atoms with Crippen LogP contribution < -0.4 is 0 Å². The van der Waals surface area contributed by atoms with E-state index in [9.17, 15) is 9.90 Å². The zero-order valence-electron chi connectivity index (χ0n) is 12.2. The number of benzene rings is 1. The molecule has 1 N–H and O–H groups in total. The fourth-order valence-electron chi connectivity index (χ4n) is 2.90. The van der Waals surface area contributed by atoms with Crippen molar-refractivity contribution in [1.29, 1.82) is 0 Å². The SMILES string of the molecule is CCc1cc(C(=O)O)c2c(c1)c(C(C)C)c(C)n2C. The second kappa shape index (κ2) is 4.72. The minimum absolute atomic E-state index is 0.387. The van der Waals surface area contributed by atoms with E-state index in [1.165, 1.54) is 5.56 Å². The molecule has 0 radical (unpaired) electrons. The van der Waals surface area contributed by atoms with Gasteiger partial charge in [0.2, 0.25) is 0 Å². The van der Waals surface area contributed by atoms with Gasteiger partial charge in [0, 0.05) is 18.1 Å². The summed E-state index contributed by atoms with van der Waals surface area (Å²) in [5.41, 5.74) is 4.74. The zero-order valence-corrected chi connectivity index (χ0v) is 12.2. The fourth-order valence-corrected chi connectivity index (χ4v) is 2.90. The number of rotatable bonds is 3. The molecule has 1 aromatic heterocycles. The van der Waals surface area contributed by atoms with Gasteiger partial charge in [0.25, 0.3) is 0 Å². The minimum Gasteiger partial charge on any atom is -0.478 e. The van der Waals surface area contributed by atoms with Gasteiger partial charge in [-0.1, -0.05) is 20.8 Å². The Kier molecular flexibility index (Phi) is 3.40. The molecule has 0 aliphatic heterocycles. The summed E-state index contributed by atoms with van der Waals surface area (Å²) in [6.07, 6.45) is 0.849. The molecule has 1 heterocycles. The number of fused-ring (bicyclic) bond motifs is 1. The van der Waals surface area contributed by atoms with Crippen molar-refractivity contribution in [1.82, 2.24) is 4.57 Å². The minimum atomic E-state index is -0.851. The first-order valence-electron chi connectivity index (χ1n) is 6.73. The van der Waals surface area contributed by atoms with Crippen molar-refractivity contribution < 1.29 is 9.90 Å². The van der Waals surface area contributed by atoms with E-state index in [4.69, 9.17) is 0 Å². The summed E-state index contributed by atoms with van der Waals surface area (Å²) in [6.45, 7) is 8.42. The first kappa shape index (κ1) is 13.7. The number of nitrogens with zero attached hydrogens (tertiary/aromatic N) is 1. The van der Waals surface area contributed by atoms with E-state index in [0.29, 0.717) is 11.5 Å². The van der Waals surface area contributed by atoms with Gasteiger partial charge in [0.05, 0.1) is 11.1 Å². The normalized spacial score (nSPS) is 11.5. The predicted octanol–water partition coefficient (Wildman–Crippen LogP) is 3.87. The van der Waals surface area contributed by atoms with Gasteiger partial charge >= 0.3 is 5.97 Å². The average Bonchev–Trinajstić information content (AvgIpc) is 2.60. The van der Waals surface area contributed by atoms with Gasteiger partial charge in [-0.15, -0.1) is 0 Å². The summed E-state index contributed by atoms with van der Waals surface area (Å²) >= 11 is 0. The van der Waals surface area contributed by atoms with Crippen molar-refractivity contribution in [2.45, 2.75) is 40.0 Å². The molecule has 1 aromatic carbocycles. The van der Waals surface area contributed by atoms with Crippen LogP contribution in [0.4, 0.5) is 0 Å². The van der Waals surface area contributed by atoms with E-state index >= 15 is 0 Å². The van der Waals surface area contributed by atoms with E-state index in [1.807, 2.05) is 11.6 Å². The molecule has 0 fully saturated rings. The maximum absolute atomic E-state index is 11.5. The Morgan fingerprint density at radius 2 is 2.00 bits per heavy atom. The van der Waals surface area contributed by atoms with Crippen LogP contribution in [-0.4, -0.2) is 15.6 Å². The molecule has 0 aliphatic carbocycles. The van der Waals surface area contributed by atoms with Crippen LogP contribution >= 0.6 is 0 Å². The molecule has 0 spiro atoms. The first-order chi connectivity index (χ1) is 8.88. The molecular formula is C16H21NO2. The molecule has 2 rings (SSSR count). The second-order valence-electron chi connectivity index (χ2n) is 5.41. The van der Waals surface area contributed by atoms with Crippen molar-refractivity contribution >= 4 is 16.9 Å². The lowest BCUT2D eigenvalue weighted by Crippen LogP contribution is -2.02. The van der Waals surface area contributed by atoms with E-state index in [-0.39, 0.29) is 0 Å². The molecule has 3 nitrogen and oxygen atoms in total. The Morgan fingerprint density at radius 1 is 1.37 bits per heavy atom. The van der Waals surface area contributed by atoms with Crippen LogP contribution in [0, 0.1) is 6.92 Å². The lowest BCUT2D eigenvalue weighted by Gasteiger charge is -2.07. The molecule has 0 saturated heterocycles. The van der Waals surface area contributed by atoms with Crippen LogP contribution in [0.2, 0.25) is 0 Å². The van der Waals surface area contributed by atoms with Crippen LogP contribution in [0.15, 0.2) is 12.1 Å². The topological polar surface area (TPSA) is 42.2 Å². The molecule has 0 saturated carbocycles. The maximum atomic E-state index is 11.5. The average molecular weight is 259 g/mol. The van der Waals surface area contributed by atoms with Crippen LogP contribution in [0.3, 0.4) is 0 Å².